The standard InChI is InChI=1S/C16H8BrCl3N2OS2/c17-7-1-4-11(10(19)5-7)21-16(24)22-15(23)14-13(20)9-3-2-8(18)6-12(9)25-14/h1-6H,(H2,21,22,23,24). The van der Waals surface area contributed by atoms with Crippen LogP contribution in [0.1, 0.15) is 9.67 Å². The summed E-state index contributed by atoms with van der Waals surface area (Å²) in [7, 11) is 0. The van der Waals surface area contributed by atoms with Crippen molar-refractivity contribution in [2.75, 3.05) is 5.32 Å². The van der Waals surface area contributed by atoms with E-state index in [0.29, 0.717) is 25.6 Å². The lowest BCUT2D eigenvalue weighted by Crippen LogP contribution is -2.33. The highest BCUT2D eigenvalue weighted by Crippen LogP contribution is 2.36. The Hall–Kier alpha value is -0.890. The van der Waals surface area contributed by atoms with Crippen LogP contribution in [0.25, 0.3) is 10.1 Å². The molecule has 3 aromatic rings. The number of carbonyl (C=O) groups is 1. The molecule has 0 fully saturated rings. The van der Waals surface area contributed by atoms with E-state index in [1.54, 1.807) is 30.3 Å². The van der Waals surface area contributed by atoms with Gasteiger partial charge < -0.3 is 5.32 Å². The zero-order valence-corrected chi connectivity index (χ0v) is 17.7. The third-order valence-electron chi connectivity index (χ3n) is 3.20. The minimum atomic E-state index is -0.395. The number of fused-ring (bicyclic) bond motifs is 1. The molecule has 1 aromatic heterocycles. The van der Waals surface area contributed by atoms with E-state index in [0.717, 1.165) is 14.6 Å². The summed E-state index contributed by atoms with van der Waals surface area (Å²) < 4.78 is 1.67. The van der Waals surface area contributed by atoms with E-state index in [4.69, 9.17) is 47.0 Å². The lowest BCUT2D eigenvalue weighted by atomic mass is 10.2. The summed E-state index contributed by atoms with van der Waals surface area (Å²) in [5.74, 6) is -0.395. The molecule has 9 heteroatoms. The second kappa shape index (κ2) is 7.78. The molecule has 0 aliphatic rings. The number of hydrogen-bond donors (Lipinski definition) is 2. The number of anilines is 1. The van der Waals surface area contributed by atoms with Crippen LogP contribution in [0.4, 0.5) is 5.69 Å². The zero-order valence-electron chi connectivity index (χ0n) is 12.2. The van der Waals surface area contributed by atoms with Crippen molar-refractivity contribution in [1.82, 2.24) is 5.32 Å². The molecule has 25 heavy (non-hydrogen) atoms. The molecule has 0 unspecified atom stereocenters. The first-order valence-corrected chi connectivity index (χ1v) is 9.95. The lowest BCUT2D eigenvalue weighted by molar-refractivity contribution is 0.0982. The number of nitrogens with one attached hydrogen (secondary N) is 2. The van der Waals surface area contributed by atoms with Gasteiger partial charge >= 0.3 is 0 Å². The van der Waals surface area contributed by atoms with Crippen molar-refractivity contribution < 1.29 is 4.79 Å². The SMILES string of the molecule is O=C(NC(=S)Nc1ccc(Br)cc1Cl)c1sc2cc(Cl)ccc2c1Cl. The first kappa shape index (κ1) is 18.9. The van der Waals surface area contributed by atoms with Crippen molar-refractivity contribution >= 4 is 101 Å². The van der Waals surface area contributed by atoms with Crippen LogP contribution in [0.3, 0.4) is 0 Å². The first-order chi connectivity index (χ1) is 11.8. The minimum Gasteiger partial charge on any atom is -0.331 e. The Labute approximate surface area is 176 Å². The fraction of sp³-hybridized carbons (Fsp3) is 0. The van der Waals surface area contributed by atoms with E-state index >= 15 is 0 Å². The van der Waals surface area contributed by atoms with Crippen LogP contribution in [0.15, 0.2) is 40.9 Å². The molecule has 128 valence electrons. The van der Waals surface area contributed by atoms with E-state index < -0.39 is 5.91 Å². The van der Waals surface area contributed by atoms with E-state index in [1.165, 1.54) is 11.3 Å². The van der Waals surface area contributed by atoms with Gasteiger partial charge in [0.1, 0.15) is 4.88 Å². The molecule has 2 N–H and O–H groups in total. The normalized spacial score (nSPS) is 10.7. The van der Waals surface area contributed by atoms with Gasteiger partial charge in [0.15, 0.2) is 5.11 Å². The molecular weight excluding hydrogens is 487 g/mol. The largest absolute Gasteiger partial charge is 0.331 e. The third kappa shape index (κ3) is 4.27. The molecule has 0 atom stereocenters. The van der Waals surface area contributed by atoms with Crippen LogP contribution in [0.5, 0.6) is 0 Å². The summed E-state index contributed by atoms with van der Waals surface area (Å²) in [5, 5.41) is 7.82. The summed E-state index contributed by atoms with van der Waals surface area (Å²) >= 11 is 28.2. The third-order valence-corrected chi connectivity index (χ3v) is 6.11. The maximum absolute atomic E-state index is 12.5. The van der Waals surface area contributed by atoms with Crippen molar-refractivity contribution in [2.45, 2.75) is 0 Å². The van der Waals surface area contributed by atoms with Gasteiger partial charge in [-0.25, -0.2) is 0 Å². The molecule has 0 saturated carbocycles. The van der Waals surface area contributed by atoms with Crippen molar-refractivity contribution in [3.8, 4) is 0 Å². The molecule has 2 aromatic carbocycles. The monoisotopic (exact) mass is 492 g/mol. The summed E-state index contributed by atoms with van der Waals surface area (Å²) in [6.45, 7) is 0. The molecule has 3 rings (SSSR count). The van der Waals surface area contributed by atoms with Gasteiger partial charge in [-0.3, -0.25) is 10.1 Å². The number of amides is 1. The van der Waals surface area contributed by atoms with Gasteiger partial charge in [0, 0.05) is 19.6 Å². The van der Waals surface area contributed by atoms with Crippen LogP contribution in [-0.4, -0.2) is 11.0 Å². The average molecular weight is 495 g/mol. The van der Waals surface area contributed by atoms with Gasteiger partial charge in [0.05, 0.1) is 15.7 Å². The highest BCUT2D eigenvalue weighted by Gasteiger charge is 2.18. The van der Waals surface area contributed by atoms with Gasteiger partial charge in [-0.1, -0.05) is 56.8 Å². The Balaban J connectivity index is 1.77. The maximum Gasteiger partial charge on any atom is 0.269 e. The molecule has 0 bridgehead atoms. The Morgan fingerprint density at radius 3 is 2.60 bits per heavy atom. The molecule has 1 amide bonds. The van der Waals surface area contributed by atoms with E-state index in [1.807, 2.05) is 6.07 Å². The molecule has 0 radical (unpaired) electrons. The fourth-order valence-corrected chi connectivity index (χ4v) is 4.70. The lowest BCUT2D eigenvalue weighted by Gasteiger charge is -2.10. The molecule has 3 nitrogen and oxygen atoms in total. The Morgan fingerprint density at radius 1 is 1.12 bits per heavy atom. The number of thiophene rings is 1. The van der Waals surface area contributed by atoms with E-state index in [9.17, 15) is 4.79 Å². The summed E-state index contributed by atoms with van der Waals surface area (Å²) in [6.07, 6.45) is 0. The second-order valence-corrected chi connectivity index (χ2v) is 8.52. The quantitative estimate of drug-likeness (QED) is 0.387. The van der Waals surface area contributed by atoms with Gasteiger partial charge in [-0.2, -0.15) is 0 Å². The summed E-state index contributed by atoms with van der Waals surface area (Å²) in [6, 6.07) is 10.6. The predicted octanol–water partition coefficient (Wildman–Crippen LogP) is 6.75. The Morgan fingerprint density at radius 2 is 1.88 bits per heavy atom. The van der Waals surface area contributed by atoms with Gasteiger partial charge in [-0.05, 0) is 42.5 Å². The zero-order chi connectivity index (χ0) is 18.1. The number of thiocarbonyl (C=S) groups is 1. The number of halogens is 4. The van der Waals surface area contributed by atoms with Crippen molar-refractivity contribution in [1.29, 1.82) is 0 Å². The van der Waals surface area contributed by atoms with Crippen LogP contribution in [0, 0.1) is 0 Å². The molecule has 0 saturated heterocycles. The van der Waals surface area contributed by atoms with Crippen molar-refractivity contribution in [3.05, 3.63) is 60.8 Å². The topological polar surface area (TPSA) is 41.1 Å². The first-order valence-electron chi connectivity index (χ1n) is 6.80. The molecule has 0 aliphatic heterocycles. The van der Waals surface area contributed by atoms with Crippen molar-refractivity contribution in [2.24, 2.45) is 0 Å². The highest BCUT2D eigenvalue weighted by molar-refractivity contribution is 9.10. The highest BCUT2D eigenvalue weighted by atomic mass is 79.9. The second-order valence-electron chi connectivity index (χ2n) is 4.92. The number of hydrogen-bond acceptors (Lipinski definition) is 3. The Bertz CT molecular complexity index is 1010. The smallest absolute Gasteiger partial charge is 0.269 e. The number of carbonyl (C=O) groups excluding carboxylic acids is 1. The van der Waals surface area contributed by atoms with Gasteiger partial charge in [0.25, 0.3) is 5.91 Å². The van der Waals surface area contributed by atoms with Gasteiger partial charge in [0.2, 0.25) is 0 Å². The maximum atomic E-state index is 12.5. The van der Waals surface area contributed by atoms with Crippen LogP contribution in [0.2, 0.25) is 15.1 Å². The minimum absolute atomic E-state index is 0.126. The van der Waals surface area contributed by atoms with Gasteiger partial charge in [-0.15, -0.1) is 11.3 Å². The molecule has 1 heterocycles. The van der Waals surface area contributed by atoms with Crippen LogP contribution >= 0.6 is 74.3 Å². The van der Waals surface area contributed by atoms with Crippen molar-refractivity contribution in [3.63, 3.8) is 0 Å². The molecule has 0 spiro atoms. The Kier molecular flexibility index (Phi) is 5.88. The molecular formula is C16H8BrCl3N2OS2. The molecule has 0 aliphatic carbocycles. The number of benzene rings is 2. The van der Waals surface area contributed by atoms with Crippen LogP contribution < -0.4 is 10.6 Å². The average Bonchev–Trinajstić information content (AvgIpc) is 2.86. The summed E-state index contributed by atoms with van der Waals surface area (Å²) in [5.41, 5.74) is 0.587. The van der Waals surface area contributed by atoms with E-state index in [-0.39, 0.29) is 5.11 Å². The van der Waals surface area contributed by atoms with Crippen LogP contribution in [-0.2, 0) is 0 Å². The number of rotatable bonds is 2. The summed E-state index contributed by atoms with van der Waals surface area (Å²) in [4.78, 5) is 12.8. The fourth-order valence-electron chi connectivity index (χ4n) is 2.09. The predicted molar refractivity (Wildman–Crippen MR) is 115 cm³/mol. The van der Waals surface area contributed by atoms with E-state index in [2.05, 4.69) is 26.6 Å².